The van der Waals surface area contributed by atoms with E-state index in [0.717, 1.165) is 16.6 Å². The van der Waals surface area contributed by atoms with Gasteiger partial charge in [0, 0.05) is 30.4 Å². The van der Waals surface area contributed by atoms with Gasteiger partial charge in [-0.3, -0.25) is 14.8 Å². The van der Waals surface area contributed by atoms with E-state index in [2.05, 4.69) is 15.4 Å². The first-order chi connectivity index (χ1) is 9.63. The van der Waals surface area contributed by atoms with E-state index in [1.807, 2.05) is 25.2 Å². The fraction of sp³-hybridized carbons (Fsp3) is 0.0769. The van der Waals surface area contributed by atoms with Crippen molar-refractivity contribution in [3.8, 4) is 0 Å². The molecule has 0 amide bonds. The molecular formula is C13H11N5O2. The number of aromatic nitrogens is 3. The average Bonchev–Trinajstić information content (AvgIpc) is 2.81. The number of hydrogen-bond acceptors (Lipinski definition) is 5. The molecule has 20 heavy (non-hydrogen) atoms. The summed E-state index contributed by atoms with van der Waals surface area (Å²) in [5, 5.41) is 19.0. The molecule has 2 aromatic heterocycles. The van der Waals surface area contributed by atoms with Crippen LogP contribution in [0.5, 0.6) is 0 Å². The molecule has 7 heteroatoms. The van der Waals surface area contributed by atoms with Crippen molar-refractivity contribution in [2.75, 3.05) is 5.32 Å². The Hall–Kier alpha value is -2.96. The number of benzene rings is 1. The van der Waals surface area contributed by atoms with Crippen LogP contribution in [0.1, 0.15) is 0 Å². The van der Waals surface area contributed by atoms with Crippen molar-refractivity contribution < 1.29 is 4.92 Å². The first kappa shape index (κ1) is 12.1. The molecule has 100 valence electrons. The largest absolute Gasteiger partial charge is 0.340 e. The number of nitrogens with zero attached hydrogens (tertiary/aromatic N) is 4. The monoisotopic (exact) mass is 269 g/mol. The summed E-state index contributed by atoms with van der Waals surface area (Å²) < 4.78 is 1.77. The van der Waals surface area contributed by atoms with Crippen LogP contribution in [0.4, 0.5) is 17.2 Å². The highest BCUT2D eigenvalue weighted by Gasteiger charge is 2.07. The van der Waals surface area contributed by atoms with E-state index < -0.39 is 4.92 Å². The zero-order valence-corrected chi connectivity index (χ0v) is 10.6. The first-order valence-electron chi connectivity index (χ1n) is 5.93. The average molecular weight is 269 g/mol. The summed E-state index contributed by atoms with van der Waals surface area (Å²) in [5.74, 6) is 0.431. The first-order valence-corrected chi connectivity index (χ1v) is 5.93. The van der Waals surface area contributed by atoms with Gasteiger partial charge in [-0.25, -0.2) is 4.98 Å². The number of aryl methyl sites for hydroxylation is 1. The van der Waals surface area contributed by atoms with E-state index in [0.29, 0.717) is 5.82 Å². The Morgan fingerprint density at radius 2 is 2.15 bits per heavy atom. The number of pyridine rings is 1. The predicted molar refractivity (Wildman–Crippen MR) is 74.9 cm³/mol. The summed E-state index contributed by atoms with van der Waals surface area (Å²) in [5.41, 5.74) is 1.78. The van der Waals surface area contributed by atoms with Crippen LogP contribution < -0.4 is 5.32 Å². The van der Waals surface area contributed by atoms with Crippen molar-refractivity contribution in [2.24, 2.45) is 7.05 Å². The molecule has 7 nitrogen and oxygen atoms in total. The smallest absolute Gasteiger partial charge is 0.274 e. The Balaban J connectivity index is 1.94. The van der Waals surface area contributed by atoms with Gasteiger partial charge in [0.2, 0.25) is 0 Å². The summed E-state index contributed by atoms with van der Waals surface area (Å²) in [6.07, 6.45) is 3.19. The lowest BCUT2D eigenvalue weighted by Crippen LogP contribution is -1.96. The second-order valence-corrected chi connectivity index (χ2v) is 4.32. The molecule has 0 aliphatic heterocycles. The SMILES string of the molecule is Cn1ncc2ccc(Nc3cc([N+](=O)[O-])ccn3)cc21. The summed E-state index contributed by atoms with van der Waals surface area (Å²) >= 11 is 0. The van der Waals surface area contributed by atoms with E-state index >= 15 is 0 Å². The van der Waals surface area contributed by atoms with Gasteiger partial charge in [-0.05, 0) is 18.2 Å². The number of hydrogen-bond donors (Lipinski definition) is 1. The number of nitro groups is 1. The molecule has 0 unspecified atom stereocenters. The second kappa shape index (κ2) is 4.61. The van der Waals surface area contributed by atoms with E-state index in [4.69, 9.17) is 0 Å². The zero-order valence-electron chi connectivity index (χ0n) is 10.6. The van der Waals surface area contributed by atoms with Crippen LogP contribution in [-0.4, -0.2) is 19.7 Å². The maximum atomic E-state index is 10.7. The summed E-state index contributed by atoms with van der Waals surface area (Å²) in [6.45, 7) is 0. The normalized spacial score (nSPS) is 10.7. The zero-order chi connectivity index (χ0) is 14.1. The molecule has 0 radical (unpaired) electrons. The van der Waals surface area contributed by atoms with Crippen molar-refractivity contribution in [1.29, 1.82) is 0 Å². The quantitative estimate of drug-likeness (QED) is 0.583. The predicted octanol–water partition coefficient (Wildman–Crippen LogP) is 2.62. The third kappa shape index (κ3) is 2.16. The van der Waals surface area contributed by atoms with E-state index in [-0.39, 0.29) is 5.69 Å². The molecule has 0 saturated heterocycles. The molecular weight excluding hydrogens is 258 g/mol. The van der Waals surface area contributed by atoms with Crippen LogP contribution >= 0.6 is 0 Å². The molecule has 3 rings (SSSR count). The second-order valence-electron chi connectivity index (χ2n) is 4.32. The van der Waals surface area contributed by atoms with Crippen molar-refractivity contribution in [3.63, 3.8) is 0 Å². The van der Waals surface area contributed by atoms with Crippen LogP contribution in [0.3, 0.4) is 0 Å². The molecule has 0 bridgehead atoms. The van der Waals surface area contributed by atoms with Crippen LogP contribution in [-0.2, 0) is 7.05 Å². The van der Waals surface area contributed by atoms with Crippen molar-refractivity contribution >= 4 is 28.1 Å². The molecule has 0 spiro atoms. The standard InChI is InChI=1S/C13H11N5O2/c1-17-12-6-10(3-2-9(12)8-15-17)16-13-7-11(18(19)20)4-5-14-13/h2-8H,1H3,(H,14,16). The number of anilines is 2. The molecule has 0 aliphatic carbocycles. The molecule has 3 aromatic rings. The van der Waals surface area contributed by atoms with Gasteiger partial charge in [-0.1, -0.05) is 0 Å². The fourth-order valence-electron chi connectivity index (χ4n) is 1.97. The van der Waals surface area contributed by atoms with Gasteiger partial charge in [0.25, 0.3) is 5.69 Å². The topological polar surface area (TPSA) is 85.9 Å². The minimum absolute atomic E-state index is 0.00381. The summed E-state index contributed by atoms with van der Waals surface area (Å²) in [4.78, 5) is 14.4. The lowest BCUT2D eigenvalue weighted by atomic mass is 10.2. The van der Waals surface area contributed by atoms with Crippen molar-refractivity contribution in [3.05, 3.63) is 52.8 Å². The number of nitrogens with one attached hydrogen (secondary N) is 1. The van der Waals surface area contributed by atoms with Crippen LogP contribution in [0.25, 0.3) is 10.9 Å². The minimum atomic E-state index is -0.447. The van der Waals surface area contributed by atoms with Crippen molar-refractivity contribution in [2.45, 2.75) is 0 Å². The van der Waals surface area contributed by atoms with Gasteiger partial charge in [-0.15, -0.1) is 0 Å². The highest BCUT2D eigenvalue weighted by molar-refractivity contribution is 5.83. The number of rotatable bonds is 3. The highest BCUT2D eigenvalue weighted by atomic mass is 16.6. The Bertz CT molecular complexity index is 796. The van der Waals surface area contributed by atoms with Crippen LogP contribution in [0.15, 0.2) is 42.7 Å². The lowest BCUT2D eigenvalue weighted by Gasteiger charge is -2.05. The van der Waals surface area contributed by atoms with Gasteiger partial charge in [-0.2, -0.15) is 5.10 Å². The van der Waals surface area contributed by atoms with E-state index in [1.54, 1.807) is 10.9 Å². The fourth-order valence-corrected chi connectivity index (χ4v) is 1.97. The van der Waals surface area contributed by atoms with Gasteiger partial charge >= 0.3 is 0 Å². The van der Waals surface area contributed by atoms with E-state index in [9.17, 15) is 10.1 Å². The van der Waals surface area contributed by atoms with Gasteiger partial charge in [0.1, 0.15) is 5.82 Å². The summed E-state index contributed by atoms with van der Waals surface area (Å²) in [6, 6.07) is 8.48. The number of fused-ring (bicyclic) bond motifs is 1. The third-order valence-corrected chi connectivity index (χ3v) is 2.98. The minimum Gasteiger partial charge on any atom is -0.340 e. The van der Waals surface area contributed by atoms with Gasteiger partial charge in [0.05, 0.1) is 22.7 Å². The molecule has 0 saturated carbocycles. The maximum Gasteiger partial charge on any atom is 0.274 e. The molecule has 1 aromatic carbocycles. The summed E-state index contributed by atoms with van der Waals surface area (Å²) in [7, 11) is 1.86. The van der Waals surface area contributed by atoms with E-state index in [1.165, 1.54) is 18.3 Å². The Morgan fingerprint density at radius 3 is 2.95 bits per heavy atom. The Kier molecular flexibility index (Phi) is 2.79. The maximum absolute atomic E-state index is 10.7. The highest BCUT2D eigenvalue weighted by Crippen LogP contribution is 2.22. The molecule has 2 heterocycles. The Labute approximate surface area is 114 Å². The van der Waals surface area contributed by atoms with Gasteiger partial charge in [0.15, 0.2) is 0 Å². The molecule has 0 aliphatic rings. The molecule has 0 fully saturated rings. The third-order valence-electron chi connectivity index (χ3n) is 2.98. The lowest BCUT2D eigenvalue weighted by molar-refractivity contribution is -0.384. The van der Waals surface area contributed by atoms with Crippen LogP contribution in [0, 0.1) is 10.1 Å². The molecule has 0 atom stereocenters. The molecule has 1 N–H and O–H groups in total. The van der Waals surface area contributed by atoms with Crippen molar-refractivity contribution in [1.82, 2.24) is 14.8 Å². The van der Waals surface area contributed by atoms with Gasteiger partial charge < -0.3 is 5.32 Å². The Morgan fingerprint density at radius 1 is 1.30 bits per heavy atom. The van der Waals surface area contributed by atoms with Crippen LogP contribution in [0.2, 0.25) is 0 Å².